The van der Waals surface area contributed by atoms with Gasteiger partial charge in [-0.1, -0.05) is 13.3 Å². The van der Waals surface area contributed by atoms with Crippen LogP contribution in [0, 0.1) is 5.92 Å². The Morgan fingerprint density at radius 1 is 1.50 bits per heavy atom. The van der Waals surface area contributed by atoms with E-state index < -0.39 is 0 Å². The molecular formula is C11H18N4O. The SMILES string of the molecule is CCC1CCC(NC(=O)c2ncn[nH]2)CC1. The van der Waals surface area contributed by atoms with Gasteiger partial charge < -0.3 is 5.32 Å². The van der Waals surface area contributed by atoms with E-state index in [0.717, 1.165) is 18.8 Å². The summed E-state index contributed by atoms with van der Waals surface area (Å²) in [5, 5.41) is 9.23. The summed E-state index contributed by atoms with van der Waals surface area (Å²) in [6.45, 7) is 2.23. The number of hydrogen-bond donors (Lipinski definition) is 2. The van der Waals surface area contributed by atoms with Gasteiger partial charge in [-0.15, -0.1) is 0 Å². The lowest BCUT2D eigenvalue weighted by atomic mass is 9.84. The minimum Gasteiger partial charge on any atom is -0.347 e. The molecule has 5 nitrogen and oxygen atoms in total. The van der Waals surface area contributed by atoms with Gasteiger partial charge in [-0.25, -0.2) is 4.98 Å². The predicted molar refractivity (Wildman–Crippen MR) is 59.9 cm³/mol. The molecule has 0 saturated heterocycles. The van der Waals surface area contributed by atoms with E-state index in [9.17, 15) is 4.79 Å². The third-order valence-electron chi connectivity index (χ3n) is 3.39. The average Bonchev–Trinajstić information content (AvgIpc) is 2.83. The van der Waals surface area contributed by atoms with Crippen LogP contribution in [0.15, 0.2) is 6.33 Å². The number of amides is 1. The molecule has 1 aromatic heterocycles. The van der Waals surface area contributed by atoms with Crippen molar-refractivity contribution >= 4 is 5.91 Å². The van der Waals surface area contributed by atoms with E-state index in [0.29, 0.717) is 11.9 Å². The summed E-state index contributed by atoms with van der Waals surface area (Å²) in [4.78, 5) is 15.5. The second-order valence-corrected chi connectivity index (χ2v) is 4.43. The monoisotopic (exact) mass is 222 g/mol. The molecule has 5 heteroatoms. The van der Waals surface area contributed by atoms with E-state index in [1.165, 1.54) is 25.6 Å². The van der Waals surface area contributed by atoms with Gasteiger partial charge in [0.25, 0.3) is 5.91 Å². The molecule has 1 fully saturated rings. The van der Waals surface area contributed by atoms with Crippen LogP contribution in [0.25, 0.3) is 0 Å². The third-order valence-corrected chi connectivity index (χ3v) is 3.39. The van der Waals surface area contributed by atoms with Crippen molar-refractivity contribution in [3.63, 3.8) is 0 Å². The predicted octanol–water partition coefficient (Wildman–Crippen LogP) is 1.50. The second-order valence-electron chi connectivity index (χ2n) is 4.43. The van der Waals surface area contributed by atoms with Gasteiger partial charge in [-0.3, -0.25) is 9.89 Å². The van der Waals surface area contributed by atoms with Crippen molar-refractivity contribution in [1.29, 1.82) is 0 Å². The smallest absolute Gasteiger partial charge is 0.288 e. The molecule has 2 N–H and O–H groups in total. The minimum atomic E-state index is -0.141. The van der Waals surface area contributed by atoms with E-state index in [2.05, 4.69) is 27.4 Å². The highest BCUT2D eigenvalue weighted by Gasteiger charge is 2.22. The number of aromatic nitrogens is 3. The number of hydrogen-bond acceptors (Lipinski definition) is 3. The minimum absolute atomic E-state index is 0.141. The lowest BCUT2D eigenvalue weighted by molar-refractivity contribution is 0.0911. The number of rotatable bonds is 3. The van der Waals surface area contributed by atoms with Crippen LogP contribution >= 0.6 is 0 Å². The zero-order valence-corrected chi connectivity index (χ0v) is 9.57. The molecule has 1 aromatic rings. The molecule has 0 bridgehead atoms. The van der Waals surface area contributed by atoms with Crippen LogP contribution in [0.4, 0.5) is 0 Å². The summed E-state index contributed by atoms with van der Waals surface area (Å²) in [7, 11) is 0. The summed E-state index contributed by atoms with van der Waals surface area (Å²) in [6, 6.07) is 0.306. The Morgan fingerprint density at radius 3 is 2.81 bits per heavy atom. The van der Waals surface area contributed by atoms with Gasteiger partial charge >= 0.3 is 0 Å². The maximum atomic E-state index is 11.7. The van der Waals surface area contributed by atoms with Gasteiger partial charge in [-0.05, 0) is 31.6 Å². The van der Waals surface area contributed by atoms with Crippen LogP contribution in [0.1, 0.15) is 49.6 Å². The summed E-state index contributed by atoms with van der Waals surface area (Å²) in [6.07, 6.45) is 7.21. The highest BCUT2D eigenvalue weighted by atomic mass is 16.2. The first kappa shape index (κ1) is 11.1. The number of carbonyl (C=O) groups excluding carboxylic acids is 1. The molecule has 0 atom stereocenters. The summed E-state index contributed by atoms with van der Waals surface area (Å²) < 4.78 is 0. The van der Waals surface area contributed by atoms with Crippen molar-refractivity contribution in [2.75, 3.05) is 0 Å². The lowest BCUT2D eigenvalue weighted by Crippen LogP contribution is -2.38. The summed E-state index contributed by atoms with van der Waals surface area (Å²) >= 11 is 0. The van der Waals surface area contributed by atoms with Crippen LogP contribution in [0.5, 0.6) is 0 Å². The second kappa shape index (κ2) is 5.09. The Kier molecular flexibility index (Phi) is 3.54. The number of carbonyl (C=O) groups is 1. The molecular weight excluding hydrogens is 204 g/mol. The highest BCUT2D eigenvalue weighted by molar-refractivity contribution is 5.90. The van der Waals surface area contributed by atoms with Gasteiger partial charge in [0.05, 0.1) is 0 Å². The quantitative estimate of drug-likeness (QED) is 0.814. The Bertz CT molecular complexity index is 328. The molecule has 0 unspecified atom stereocenters. The average molecular weight is 222 g/mol. The zero-order chi connectivity index (χ0) is 11.4. The number of nitrogens with zero attached hydrogens (tertiary/aromatic N) is 2. The molecule has 16 heavy (non-hydrogen) atoms. The van der Waals surface area contributed by atoms with Crippen molar-refractivity contribution in [2.45, 2.75) is 45.1 Å². The summed E-state index contributed by atoms with van der Waals surface area (Å²) in [5.41, 5.74) is 0. The van der Waals surface area contributed by atoms with E-state index in [1.807, 2.05) is 0 Å². The van der Waals surface area contributed by atoms with Gasteiger partial charge in [0.1, 0.15) is 6.33 Å². The maximum Gasteiger partial charge on any atom is 0.288 e. The lowest BCUT2D eigenvalue weighted by Gasteiger charge is -2.28. The molecule has 1 heterocycles. The molecule has 0 aromatic carbocycles. The molecule has 0 radical (unpaired) electrons. The van der Waals surface area contributed by atoms with Crippen molar-refractivity contribution in [2.24, 2.45) is 5.92 Å². The molecule has 1 aliphatic rings. The van der Waals surface area contributed by atoms with E-state index in [-0.39, 0.29) is 5.91 Å². The first-order valence-corrected chi connectivity index (χ1v) is 5.95. The van der Waals surface area contributed by atoms with E-state index in [1.54, 1.807) is 0 Å². The molecule has 1 aliphatic carbocycles. The molecule has 1 amide bonds. The van der Waals surface area contributed by atoms with E-state index in [4.69, 9.17) is 0 Å². The van der Waals surface area contributed by atoms with Gasteiger partial charge in [0.2, 0.25) is 5.82 Å². The topological polar surface area (TPSA) is 70.7 Å². The largest absolute Gasteiger partial charge is 0.347 e. The van der Waals surface area contributed by atoms with Gasteiger partial charge in [0, 0.05) is 6.04 Å². The van der Waals surface area contributed by atoms with Crippen LogP contribution in [-0.2, 0) is 0 Å². The fraction of sp³-hybridized carbons (Fsp3) is 0.727. The van der Waals surface area contributed by atoms with Crippen molar-refractivity contribution < 1.29 is 4.79 Å². The first-order chi connectivity index (χ1) is 7.79. The molecule has 0 aliphatic heterocycles. The summed E-state index contributed by atoms with van der Waals surface area (Å²) in [5.74, 6) is 1.01. The number of H-pyrrole nitrogens is 1. The highest BCUT2D eigenvalue weighted by Crippen LogP contribution is 2.26. The number of nitrogens with one attached hydrogen (secondary N) is 2. The van der Waals surface area contributed by atoms with Crippen molar-refractivity contribution in [3.8, 4) is 0 Å². The first-order valence-electron chi connectivity index (χ1n) is 5.95. The van der Waals surface area contributed by atoms with Gasteiger partial charge in [-0.2, -0.15) is 5.10 Å². The van der Waals surface area contributed by atoms with Crippen molar-refractivity contribution in [3.05, 3.63) is 12.2 Å². The maximum absolute atomic E-state index is 11.7. The Hall–Kier alpha value is -1.39. The normalized spacial score (nSPS) is 25.3. The zero-order valence-electron chi connectivity index (χ0n) is 9.57. The van der Waals surface area contributed by atoms with Crippen LogP contribution < -0.4 is 5.32 Å². The van der Waals surface area contributed by atoms with Crippen LogP contribution in [0.3, 0.4) is 0 Å². The third kappa shape index (κ3) is 2.59. The molecule has 2 rings (SSSR count). The fourth-order valence-corrected chi connectivity index (χ4v) is 2.28. The fourth-order valence-electron chi connectivity index (χ4n) is 2.28. The Balaban J connectivity index is 1.81. The Morgan fingerprint density at radius 2 is 2.25 bits per heavy atom. The van der Waals surface area contributed by atoms with Crippen molar-refractivity contribution in [1.82, 2.24) is 20.5 Å². The molecule has 1 saturated carbocycles. The number of aromatic amines is 1. The molecule has 88 valence electrons. The standard InChI is InChI=1S/C11H18N4O/c1-2-8-3-5-9(6-4-8)14-11(16)10-12-7-13-15-10/h7-9H,2-6H2,1H3,(H,14,16)(H,12,13,15). The molecule has 0 spiro atoms. The van der Waals surface area contributed by atoms with Crippen LogP contribution in [-0.4, -0.2) is 27.1 Å². The van der Waals surface area contributed by atoms with Crippen LogP contribution in [0.2, 0.25) is 0 Å². The van der Waals surface area contributed by atoms with E-state index >= 15 is 0 Å². The Labute approximate surface area is 95.0 Å². The van der Waals surface area contributed by atoms with Gasteiger partial charge in [0.15, 0.2) is 0 Å².